The molecule has 1 aliphatic heterocycles. The topological polar surface area (TPSA) is 53.7 Å². The van der Waals surface area contributed by atoms with Crippen LogP contribution in [-0.2, 0) is 0 Å². The van der Waals surface area contributed by atoms with E-state index in [9.17, 15) is 0 Å². The molecule has 0 aromatic rings. The summed E-state index contributed by atoms with van der Waals surface area (Å²) in [7, 11) is 0. The summed E-state index contributed by atoms with van der Waals surface area (Å²) in [6, 6.07) is 0. The van der Waals surface area contributed by atoms with Gasteiger partial charge in [0, 0.05) is 0 Å². The molecule has 0 radical (unpaired) electrons. The first kappa shape index (κ1) is 4.39. The normalized spacial score (nSPS) is 19.1. The molecule has 0 atom stereocenters. The second kappa shape index (κ2) is 1.38. The lowest BCUT2D eigenvalue weighted by molar-refractivity contribution is 0.444. The maximum atomic E-state index is 5.32. The van der Waals surface area contributed by atoms with Crippen LogP contribution in [0.2, 0.25) is 0 Å². The molecular formula is C3H8N4. The molecule has 0 bridgehead atoms. The van der Waals surface area contributed by atoms with Crippen molar-refractivity contribution in [1.29, 1.82) is 0 Å². The lowest BCUT2D eigenvalue weighted by Gasteiger charge is -2.05. The molecule has 0 aliphatic carbocycles. The van der Waals surface area contributed by atoms with Crippen molar-refractivity contribution in [2.75, 3.05) is 6.67 Å². The second-order valence-electron chi connectivity index (χ2n) is 1.45. The molecular weight excluding hydrogens is 92.1 g/mol. The van der Waals surface area contributed by atoms with Crippen LogP contribution in [0.3, 0.4) is 0 Å². The van der Waals surface area contributed by atoms with E-state index in [4.69, 9.17) is 5.84 Å². The maximum absolute atomic E-state index is 5.32. The molecule has 0 aromatic carbocycles. The van der Waals surface area contributed by atoms with Crippen molar-refractivity contribution >= 4 is 5.84 Å². The number of nitrogens with one attached hydrogen (secondary N) is 1. The molecule has 0 saturated carbocycles. The molecule has 40 valence electrons. The standard InChI is InChI=1S/C3H8N4/c1-3-6-5-2-7(3)4/h5H,2,4H2,1H3. The van der Waals surface area contributed by atoms with Crippen LogP contribution < -0.4 is 11.3 Å². The molecule has 3 N–H and O–H groups in total. The summed E-state index contributed by atoms with van der Waals surface area (Å²) < 4.78 is 0. The highest BCUT2D eigenvalue weighted by Gasteiger charge is 2.04. The third kappa shape index (κ3) is 0.640. The van der Waals surface area contributed by atoms with E-state index >= 15 is 0 Å². The largest absolute Gasteiger partial charge is 0.287 e. The minimum atomic E-state index is 0.631. The lowest BCUT2D eigenvalue weighted by Crippen LogP contribution is -2.34. The minimum absolute atomic E-state index is 0.631. The molecule has 7 heavy (non-hydrogen) atoms. The summed E-state index contributed by atoms with van der Waals surface area (Å²) in [5, 5.41) is 5.33. The van der Waals surface area contributed by atoms with Gasteiger partial charge in [-0.2, -0.15) is 5.10 Å². The zero-order valence-corrected chi connectivity index (χ0v) is 4.18. The summed E-state index contributed by atoms with van der Waals surface area (Å²) in [5.41, 5.74) is 2.71. The van der Waals surface area contributed by atoms with Gasteiger partial charge in [-0.05, 0) is 6.92 Å². The van der Waals surface area contributed by atoms with Gasteiger partial charge in [0.05, 0.1) is 0 Å². The molecule has 0 spiro atoms. The van der Waals surface area contributed by atoms with Crippen LogP contribution in [0.1, 0.15) is 6.92 Å². The predicted octanol–water partition coefficient (Wildman–Crippen LogP) is -0.944. The highest BCUT2D eigenvalue weighted by molar-refractivity contribution is 5.79. The number of hydrogen-bond donors (Lipinski definition) is 2. The van der Waals surface area contributed by atoms with E-state index in [1.165, 1.54) is 0 Å². The number of hydrazone groups is 1. The van der Waals surface area contributed by atoms with Crippen molar-refractivity contribution in [3.63, 3.8) is 0 Å². The molecule has 0 amide bonds. The molecule has 4 heteroatoms. The Morgan fingerprint density at radius 2 is 2.71 bits per heavy atom. The number of hydrazine groups is 1. The van der Waals surface area contributed by atoms with Crippen LogP contribution in [0.4, 0.5) is 0 Å². The van der Waals surface area contributed by atoms with Gasteiger partial charge in [-0.25, -0.2) is 5.84 Å². The highest BCUT2D eigenvalue weighted by atomic mass is 15.6. The van der Waals surface area contributed by atoms with Crippen molar-refractivity contribution in [1.82, 2.24) is 10.4 Å². The Bertz CT molecular complexity index is 97.1. The first-order valence-electron chi connectivity index (χ1n) is 2.10. The van der Waals surface area contributed by atoms with Crippen molar-refractivity contribution in [3.05, 3.63) is 0 Å². The quantitative estimate of drug-likeness (QED) is 0.386. The van der Waals surface area contributed by atoms with Crippen molar-refractivity contribution in [3.8, 4) is 0 Å². The number of hydrogen-bond acceptors (Lipinski definition) is 4. The van der Waals surface area contributed by atoms with Crippen LogP contribution in [0, 0.1) is 0 Å². The van der Waals surface area contributed by atoms with E-state index in [1.54, 1.807) is 5.01 Å². The summed E-state index contributed by atoms with van der Waals surface area (Å²) >= 11 is 0. The van der Waals surface area contributed by atoms with E-state index in [2.05, 4.69) is 10.5 Å². The van der Waals surface area contributed by atoms with E-state index in [-0.39, 0.29) is 0 Å². The SMILES string of the molecule is CC1=NNCN1N. The summed E-state index contributed by atoms with van der Waals surface area (Å²) in [6.07, 6.45) is 0. The fourth-order valence-electron chi connectivity index (χ4n) is 0.405. The summed E-state index contributed by atoms with van der Waals surface area (Å²) in [4.78, 5) is 0. The Balaban J connectivity index is 2.54. The Morgan fingerprint density at radius 1 is 2.00 bits per heavy atom. The van der Waals surface area contributed by atoms with Gasteiger partial charge in [-0.1, -0.05) is 0 Å². The van der Waals surface area contributed by atoms with Crippen LogP contribution in [0.25, 0.3) is 0 Å². The van der Waals surface area contributed by atoms with Gasteiger partial charge in [-0.3, -0.25) is 10.4 Å². The third-order valence-electron chi connectivity index (χ3n) is 0.898. The summed E-state index contributed by atoms with van der Waals surface area (Å²) in [5.74, 6) is 6.15. The molecule has 1 heterocycles. The third-order valence-corrected chi connectivity index (χ3v) is 0.898. The average Bonchev–Trinajstić information content (AvgIpc) is 1.91. The average molecular weight is 100 g/mol. The maximum Gasteiger partial charge on any atom is 0.137 e. The van der Waals surface area contributed by atoms with Gasteiger partial charge in [-0.15, -0.1) is 0 Å². The van der Waals surface area contributed by atoms with E-state index in [1.807, 2.05) is 6.92 Å². The number of rotatable bonds is 0. The van der Waals surface area contributed by atoms with Gasteiger partial charge in [0.1, 0.15) is 12.5 Å². The molecule has 4 nitrogen and oxygen atoms in total. The number of nitrogens with two attached hydrogens (primary N) is 1. The minimum Gasteiger partial charge on any atom is -0.287 e. The highest BCUT2D eigenvalue weighted by Crippen LogP contribution is 1.85. The number of amidine groups is 1. The molecule has 0 unspecified atom stereocenters. The lowest BCUT2D eigenvalue weighted by atomic mass is 10.7. The Morgan fingerprint density at radius 3 is 2.86 bits per heavy atom. The van der Waals surface area contributed by atoms with Crippen LogP contribution in [-0.4, -0.2) is 17.5 Å². The summed E-state index contributed by atoms with van der Waals surface area (Å²) in [6.45, 7) is 2.48. The van der Waals surface area contributed by atoms with Crippen molar-refractivity contribution < 1.29 is 0 Å². The molecule has 0 saturated heterocycles. The monoisotopic (exact) mass is 100 g/mol. The Kier molecular flexibility index (Phi) is 0.867. The van der Waals surface area contributed by atoms with Gasteiger partial charge in [0.2, 0.25) is 0 Å². The van der Waals surface area contributed by atoms with Crippen LogP contribution in [0.5, 0.6) is 0 Å². The molecule has 0 fully saturated rings. The van der Waals surface area contributed by atoms with Crippen molar-refractivity contribution in [2.24, 2.45) is 10.9 Å². The van der Waals surface area contributed by atoms with Crippen molar-refractivity contribution in [2.45, 2.75) is 6.92 Å². The second-order valence-corrected chi connectivity index (χ2v) is 1.45. The van der Waals surface area contributed by atoms with Gasteiger partial charge in [0.25, 0.3) is 0 Å². The van der Waals surface area contributed by atoms with E-state index < -0.39 is 0 Å². The number of nitrogens with zero attached hydrogens (tertiary/aromatic N) is 2. The smallest absolute Gasteiger partial charge is 0.137 e. The van der Waals surface area contributed by atoms with E-state index in [0.29, 0.717) is 6.67 Å². The Labute approximate surface area is 41.9 Å². The fraction of sp³-hybridized carbons (Fsp3) is 0.667. The Hall–Kier alpha value is -0.770. The molecule has 1 rings (SSSR count). The van der Waals surface area contributed by atoms with Gasteiger partial charge >= 0.3 is 0 Å². The van der Waals surface area contributed by atoms with Gasteiger partial charge in [0.15, 0.2) is 0 Å². The molecule has 0 aromatic heterocycles. The van der Waals surface area contributed by atoms with Crippen LogP contribution >= 0.6 is 0 Å². The zero-order valence-electron chi connectivity index (χ0n) is 4.18. The van der Waals surface area contributed by atoms with E-state index in [0.717, 1.165) is 5.84 Å². The fourth-order valence-corrected chi connectivity index (χ4v) is 0.405. The molecule has 1 aliphatic rings. The van der Waals surface area contributed by atoms with Crippen LogP contribution in [0.15, 0.2) is 5.10 Å². The zero-order chi connectivity index (χ0) is 5.28. The first-order chi connectivity index (χ1) is 3.30. The predicted molar refractivity (Wildman–Crippen MR) is 27.1 cm³/mol. The first-order valence-corrected chi connectivity index (χ1v) is 2.10. The van der Waals surface area contributed by atoms with Gasteiger partial charge < -0.3 is 0 Å².